The summed E-state index contributed by atoms with van der Waals surface area (Å²) in [6.45, 7) is 0. The molecule has 6 nitrogen and oxygen atoms in total. The van der Waals surface area contributed by atoms with E-state index < -0.39 is 17.9 Å². The molecule has 0 aliphatic heterocycles. The number of ether oxygens (including phenoxy) is 2. The lowest BCUT2D eigenvalue weighted by atomic mass is 10.1. The standard InChI is InChI=1S/C14H19NO5S/c1-19-10-5-4-6-11(20-2)12(10)13(16)15-9(14(17)18)7-8-21-3/h4-6,9H,7-8H2,1-3H3,(H,15,16)(H,17,18)/t9-/m0/s1. The quantitative estimate of drug-likeness (QED) is 0.759. The summed E-state index contributed by atoms with van der Waals surface area (Å²) >= 11 is 1.52. The molecule has 2 N–H and O–H groups in total. The highest BCUT2D eigenvalue weighted by Crippen LogP contribution is 2.28. The van der Waals surface area contributed by atoms with E-state index >= 15 is 0 Å². The van der Waals surface area contributed by atoms with Gasteiger partial charge in [-0.05, 0) is 30.6 Å². The van der Waals surface area contributed by atoms with Crippen LogP contribution < -0.4 is 14.8 Å². The van der Waals surface area contributed by atoms with Crippen molar-refractivity contribution in [2.45, 2.75) is 12.5 Å². The third kappa shape index (κ3) is 4.56. The zero-order valence-electron chi connectivity index (χ0n) is 12.2. The van der Waals surface area contributed by atoms with E-state index in [2.05, 4.69) is 5.32 Å². The van der Waals surface area contributed by atoms with Crippen molar-refractivity contribution in [2.24, 2.45) is 0 Å². The summed E-state index contributed by atoms with van der Waals surface area (Å²) < 4.78 is 10.3. The monoisotopic (exact) mass is 313 g/mol. The van der Waals surface area contributed by atoms with Crippen LogP contribution in [0.15, 0.2) is 18.2 Å². The first-order chi connectivity index (χ1) is 10.0. The Morgan fingerprint density at radius 1 is 1.29 bits per heavy atom. The average Bonchev–Trinajstić information content (AvgIpc) is 2.49. The van der Waals surface area contributed by atoms with Gasteiger partial charge in [-0.25, -0.2) is 4.79 Å². The second-order valence-corrected chi connectivity index (χ2v) is 5.17. The Balaban J connectivity index is 2.99. The molecule has 0 saturated heterocycles. The van der Waals surface area contributed by atoms with Gasteiger partial charge in [-0.15, -0.1) is 0 Å². The number of carboxylic acid groups (broad SMARTS) is 1. The van der Waals surface area contributed by atoms with E-state index in [1.165, 1.54) is 26.0 Å². The van der Waals surface area contributed by atoms with E-state index in [9.17, 15) is 9.59 Å². The van der Waals surface area contributed by atoms with Crippen LogP contribution in [0.4, 0.5) is 0 Å². The predicted molar refractivity (Wildman–Crippen MR) is 81.4 cm³/mol. The van der Waals surface area contributed by atoms with Crippen molar-refractivity contribution in [3.63, 3.8) is 0 Å². The number of rotatable bonds is 8. The van der Waals surface area contributed by atoms with Crippen molar-refractivity contribution < 1.29 is 24.2 Å². The van der Waals surface area contributed by atoms with Crippen LogP contribution in [0.5, 0.6) is 11.5 Å². The zero-order chi connectivity index (χ0) is 15.8. The van der Waals surface area contributed by atoms with Gasteiger partial charge >= 0.3 is 5.97 Å². The van der Waals surface area contributed by atoms with Gasteiger partial charge in [-0.2, -0.15) is 11.8 Å². The maximum atomic E-state index is 12.3. The molecule has 0 unspecified atom stereocenters. The maximum absolute atomic E-state index is 12.3. The highest BCUT2D eigenvalue weighted by Gasteiger charge is 2.24. The van der Waals surface area contributed by atoms with E-state index in [1.54, 1.807) is 18.2 Å². The molecule has 0 bridgehead atoms. The second-order valence-electron chi connectivity index (χ2n) is 4.18. The van der Waals surface area contributed by atoms with Crippen LogP contribution in [0.25, 0.3) is 0 Å². The maximum Gasteiger partial charge on any atom is 0.326 e. The fourth-order valence-corrected chi connectivity index (χ4v) is 2.27. The van der Waals surface area contributed by atoms with Crippen LogP contribution in [-0.2, 0) is 4.79 Å². The molecule has 1 aromatic carbocycles. The van der Waals surface area contributed by atoms with E-state index in [0.717, 1.165) is 0 Å². The van der Waals surface area contributed by atoms with Gasteiger partial charge in [-0.1, -0.05) is 6.07 Å². The summed E-state index contributed by atoms with van der Waals surface area (Å²) in [5, 5.41) is 11.7. The van der Waals surface area contributed by atoms with Crippen molar-refractivity contribution in [3.05, 3.63) is 23.8 Å². The third-order valence-corrected chi connectivity index (χ3v) is 3.51. The SMILES string of the molecule is COc1cccc(OC)c1C(=O)N[C@@H](CCSC)C(=O)O. The lowest BCUT2D eigenvalue weighted by Gasteiger charge is -2.17. The normalized spacial score (nSPS) is 11.6. The molecule has 21 heavy (non-hydrogen) atoms. The fourth-order valence-electron chi connectivity index (χ4n) is 1.80. The molecule has 0 aliphatic rings. The van der Waals surface area contributed by atoms with Crippen molar-refractivity contribution in [2.75, 3.05) is 26.2 Å². The van der Waals surface area contributed by atoms with Crippen molar-refractivity contribution >= 4 is 23.6 Å². The highest BCUT2D eigenvalue weighted by molar-refractivity contribution is 7.98. The van der Waals surface area contributed by atoms with Crippen LogP contribution in [0, 0.1) is 0 Å². The van der Waals surface area contributed by atoms with Gasteiger partial charge in [0.15, 0.2) is 0 Å². The number of hydrogen-bond donors (Lipinski definition) is 2. The lowest BCUT2D eigenvalue weighted by Crippen LogP contribution is -2.41. The number of aliphatic carboxylic acids is 1. The Morgan fingerprint density at radius 3 is 2.29 bits per heavy atom. The van der Waals surface area contributed by atoms with E-state index in [4.69, 9.17) is 14.6 Å². The summed E-state index contributed by atoms with van der Waals surface area (Å²) in [6, 6.07) is 3.99. The number of carboxylic acids is 1. The molecule has 1 amide bonds. The number of thioether (sulfide) groups is 1. The van der Waals surface area contributed by atoms with Crippen LogP contribution in [0.3, 0.4) is 0 Å². The molecule has 0 fully saturated rings. The van der Waals surface area contributed by atoms with Gasteiger partial charge in [-0.3, -0.25) is 4.79 Å². The largest absolute Gasteiger partial charge is 0.496 e. The van der Waals surface area contributed by atoms with Crippen LogP contribution in [-0.4, -0.2) is 49.3 Å². The van der Waals surface area contributed by atoms with E-state index in [1.807, 2.05) is 6.26 Å². The molecule has 0 aliphatic carbocycles. The summed E-state index contributed by atoms with van der Waals surface area (Å²) in [7, 11) is 2.88. The number of benzene rings is 1. The topological polar surface area (TPSA) is 84.9 Å². The molecule has 0 spiro atoms. The number of nitrogens with one attached hydrogen (secondary N) is 1. The number of amides is 1. The van der Waals surface area contributed by atoms with Gasteiger partial charge in [0.2, 0.25) is 0 Å². The molecular weight excluding hydrogens is 294 g/mol. The Morgan fingerprint density at radius 2 is 1.86 bits per heavy atom. The van der Waals surface area contributed by atoms with Gasteiger partial charge in [0.1, 0.15) is 23.1 Å². The minimum Gasteiger partial charge on any atom is -0.496 e. The Labute approximate surface area is 127 Å². The highest BCUT2D eigenvalue weighted by atomic mass is 32.2. The van der Waals surface area contributed by atoms with Crippen molar-refractivity contribution in [3.8, 4) is 11.5 Å². The molecule has 0 heterocycles. The van der Waals surface area contributed by atoms with Gasteiger partial charge < -0.3 is 19.9 Å². The number of hydrogen-bond acceptors (Lipinski definition) is 5. The van der Waals surface area contributed by atoms with Crippen LogP contribution >= 0.6 is 11.8 Å². The van der Waals surface area contributed by atoms with E-state index in [0.29, 0.717) is 23.7 Å². The molecule has 1 aromatic rings. The Kier molecular flexibility index (Phi) is 6.87. The minimum absolute atomic E-state index is 0.193. The molecule has 116 valence electrons. The first kappa shape index (κ1) is 17.2. The molecular formula is C14H19NO5S. The molecule has 7 heteroatoms. The average molecular weight is 313 g/mol. The second kappa shape index (κ2) is 8.41. The Bertz CT molecular complexity index is 484. The van der Waals surface area contributed by atoms with Crippen LogP contribution in [0.2, 0.25) is 0 Å². The molecule has 1 atom stereocenters. The first-order valence-corrected chi connectivity index (χ1v) is 7.68. The minimum atomic E-state index is -1.06. The third-order valence-electron chi connectivity index (χ3n) is 2.87. The summed E-state index contributed by atoms with van der Waals surface area (Å²) in [6.07, 6.45) is 2.23. The molecule has 0 aromatic heterocycles. The van der Waals surface area contributed by atoms with Crippen LogP contribution in [0.1, 0.15) is 16.8 Å². The van der Waals surface area contributed by atoms with E-state index in [-0.39, 0.29) is 5.56 Å². The van der Waals surface area contributed by atoms with Crippen molar-refractivity contribution in [1.29, 1.82) is 0 Å². The number of carbonyl (C=O) groups is 2. The fraction of sp³-hybridized carbons (Fsp3) is 0.429. The molecule has 0 saturated carbocycles. The smallest absolute Gasteiger partial charge is 0.326 e. The number of methoxy groups -OCH3 is 2. The summed E-state index contributed by atoms with van der Waals surface area (Å²) in [4.78, 5) is 23.5. The summed E-state index contributed by atoms with van der Waals surface area (Å²) in [5.41, 5.74) is 0.193. The molecule has 1 rings (SSSR count). The zero-order valence-corrected chi connectivity index (χ0v) is 13.0. The van der Waals surface area contributed by atoms with Crippen molar-refractivity contribution in [1.82, 2.24) is 5.32 Å². The van der Waals surface area contributed by atoms with Gasteiger partial charge in [0, 0.05) is 0 Å². The predicted octanol–water partition coefficient (Wildman–Crippen LogP) is 1.64. The lowest BCUT2D eigenvalue weighted by molar-refractivity contribution is -0.139. The number of carbonyl (C=O) groups excluding carboxylic acids is 1. The first-order valence-electron chi connectivity index (χ1n) is 6.28. The Hall–Kier alpha value is -1.89. The molecule has 0 radical (unpaired) electrons. The van der Waals surface area contributed by atoms with Gasteiger partial charge in [0.05, 0.1) is 14.2 Å². The van der Waals surface area contributed by atoms with Gasteiger partial charge in [0.25, 0.3) is 5.91 Å². The summed E-state index contributed by atoms with van der Waals surface area (Å²) in [5.74, 6) is -0.286.